The summed E-state index contributed by atoms with van der Waals surface area (Å²) in [5.41, 5.74) is 1.51. The SMILES string of the molecule is COC(=O)C(Nc1cccc(OC)c1)c1cnn(C)c1. The van der Waals surface area contributed by atoms with Gasteiger partial charge in [0.25, 0.3) is 0 Å². The summed E-state index contributed by atoms with van der Waals surface area (Å²) in [5.74, 6) is 0.339. The first kappa shape index (κ1) is 13.9. The number of carbonyl (C=O) groups excluding carboxylic acids is 1. The van der Waals surface area contributed by atoms with Gasteiger partial charge in [0.15, 0.2) is 6.04 Å². The number of hydrogen-bond donors (Lipinski definition) is 1. The van der Waals surface area contributed by atoms with Crippen molar-refractivity contribution in [2.45, 2.75) is 6.04 Å². The third-order valence-electron chi connectivity index (χ3n) is 2.88. The monoisotopic (exact) mass is 275 g/mol. The lowest BCUT2D eigenvalue weighted by Crippen LogP contribution is -2.22. The zero-order valence-corrected chi connectivity index (χ0v) is 11.7. The Balaban J connectivity index is 2.25. The van der Waals surface area contributed by atoms with Crippen LogP contribution in [-0.2, 0) is 16.6 Å². The lowest BCUT2D eigenvalue weighted by atomic mass is 10.1. The van der Waals surface area contributed by atoms with E-state index in [1.807, 2.05) is 24.3 Å². The summed E-state index contributed by atoms with van der Waals surface area (Å²) >= 11 is 0. The van der Waals surface area contributed by atoms with Gasteiger partial charge in [-0.1, -0.05) is 6.07 Å². The first-order valence-corrected chi connectivity index (χ1v) is 6.11. The number of carbonyl (C=O) groups is 1. The summed E-state index contributed by atoms with van der Waals surface area (Å²) in [7, 11) is 4.75. The van der Waals surface area contributed by atoms with E-state index in [1.54, 1.807) is 31.2 Å². The Morgan fingerprint density at radius 1 is 1.40 bits per heavy atom. The number of aryl methyl sites for hydroxylation is 1. The summed E-state index contributed by atoms with van der Waals surface area (Å²) in [5, 5.41) is 7.20. The fourth-order valence-electron chi connectivity index (χ4n) is 1.86. The van der Waals surface area contributed by atoms with Gasteiger partial charge in [-0.2, -0.15) is 5.10 Å². The van der Waals surface area contributed by atoms with Crippen LogP contribution < -0.4 is 10.1 Å². The molecule has 0 radical (unpaired) electrons. The second kappa shape index (κ2) is 6.10. The first-order valence-electron chi connectivity index (χ1n) is 6.11. The maximum atomic E-state index is 11.9. The van der Waals surface area contributed by atoms with Crippen LogP contribution >= 0.6 is 0 Å². The average Bonchev–Trinajstić information content (AvgIpc) is 2.90. The molecule has 0 aliphatic carbocycles. The van der Waals surface area contributed by atoms with E-state index in [1.165, 1.54) is 7.11 Å². The van der Waals surface area contributed by atoms with Gasteiger partial charge in [0.05, 0.1) is 20.4 Å². The maximum Gasteiger partial charge on any atom is 0.333 e. The minimum atomic E-state index is -0.610. The number of aromatic nitrogens is 2. The molecule has 0 aliphatic heterocycles. The molecule has 1 aromatic carbocycles. The first-order chi connectivity index (χ1) is 9.63. The van der Waals surface area contributed by atoms with Crippen molar-refractivity contribution >= 4 is 11.7 Å². The van der Waals surface area contributed by atoms with Gasteiger partial charge in [-0.3, -0.25) is 4.68 Å². The number of hydrogen-bond acceptors (Lipinski definition) is 5. The van der Waals surface area contributed by atoms with Crippen LogP contribution in [0, 0.1) is 0 Å². The van der Waals surface area contributed by atoms with E-state index in [4.69, 9.17) is 9.47 Å². The van der Waals surface area contributed by atoms with Crippen LogP contribution in [0.15, 0.2) is 36.7 Å². The smallest absolute Gasteiger partial charge is 0.333 e. The van der Waals surface area contributed by atoms with Gasteiger partial charge in [0.2, 0.25) is 0 Å². The van der Waals surface area contributed by atoms with Crippen LogP contribution in [0.3, 0.4) is 0 Å². The van der Waals surface area contributed by atoms with Crippen molar-refractivity contribution in [2.24, 2.45) is 7.05 Å². The maximum absolute atomic E-state index is 11.9. The Hall–Kier alpha value is -2.50. The number of nitrogens with zero attached hydrogens (tertiary/aromatic N) is 2. The largest absolute Gasteiger partial charge is 0.497 e. The van der Waals surface area contributed by atoms with Crippen LogP contribution in [0.4, 0.5) is 5.69 Å². The zero-order chi connectivity index (χ0) is 14.5. The van der Waals surface area contributed by atoms with Gasteiger partial charge >= 0.3 is 5.97 Å². The fourth-order valence-corrected chi connectivity index (χ4v) is 1.86. The third-order valence-corrected chi connectivity index (χ3v) is 2.88. The fraction of sp³-hybridized carbons (Fsp3) is 0.286. The summed E-state index contributed by atoms with van der Waals surface area (Å²) in [6, 6.07) is 6.74. The minimum Gasteiger partial charge on any atom is -0.497 e. The van der Waals surface area contributed by atoms with Crippen molar-refractivity contribution in [3.05, 3.63) is 42.2 Å². The molecule has 6 nitrogen and oxygen atoms in total. The van der Waals surface area contributed by atoms with Crippen LogP contribution in [0.2, 0.25) is 0 Å². The molecular formula is C14H17N3O3. The number of rotatable bonds is 5. The molecule has 2 aromatic rings. The van der Waals surface area contributed by atoms with Crippen molar-refractivity contribution < 1.29 is 14.3 Å². The molecule has 0 saturated carbocycles. The highest BCUT2D eigenvalue weighted by atomic mass is 16.5. The number of esters is 1. The molecule has 1 aromatic heterocycles. The number of benzene rings is 1. The molecule has 20 heavy (non-hydrogen) atoms. The second-order valence-electron chi connectivity index (χ2n) is 4.28. The van der Waals surface area contributed by atoms with E-state index in [2.05, 4.69) is 10.4 Å². The van der Waals surface area contributed by atoms with Gasteiger partial charge < -0.3 is 14.8 Å². The highest BCUT2D eigenvalue weighted by Crippen LogP contribution is 2.23. The van der Waals surface area contributed by atoms with Crippen molar-refractivity contribution in [3.8, 4) is 5.75 Å². The number of methoxy groups -OCH3 is 2. The Morgan fingerprint density at radius 2 is 2.20 bits per heavy atom. The Kier molecular flexibility index (Phi) is 4.24. The van der Waals surface area contributed by atoms with Gasteiger partial charge in [-0.15, -0.1) is 0 Å². The molecule has 1 N–H and O–H groups in total. The van der Waals surface area contributed by atoms with Crippen molar-refractivity contribution in [2.75, 3.05) is 19.5 Å². The summed E-state index contributed by atoms with van der Waals surface area (Å²) in [4.78, 5) is 11.9. The van der Waals surface area contributed by atoms with Gasteiger partial charge in [0, 0.05) is 30.6 Å². The molecule has 0 spiro atoms. The highest BCUT2D eigenvalue weighted by molar-refractivity contribution is 5.80. The standard InChI is InChI=1S/C14H17N3O3/c1-17-9-10(8-15-17)13(14(18)20-3)16-11-5-4-6-12(7-11)19-2/h4-9,13,16H,1-3H3. The topological polar surface area (TPSA) is 65.4 Å². The van der Waals surface area contributed by atoms with E-state index < -0.39 is 6.04 Å². The quantitative estimate of drug-likeness (QED) is 0.842. The lowest BCUT2D eigenvalue weighted by Gasteiger charge is -2.16. The molecular weight excluding hydrogens is 258 g/mol. The van der Waals surface area contributed by atoms with E-state index in [-0.39, 0.29) is 5.97 Å². The van der Waals surface area contributed by atoms with Gasteiger partial charge in [-0.05, 0) is 12.1 Å². The Morgan fingerprint density at radius 3 is 2.80 bits per heavy atom. The van der Waals surface area contributed by atoms with Gasteiger partial charge in [-0.25, -0.2) is 4.79 Å². The number of nitrogens with one attached hydrogen (secondary N) is 1. The van der Waals surface area contributed by atoms with E-state index in [0.29, 0.717) is 5.75 Å². The Bertz CT molecular complexity index is 595. The normalized spacial score (nSPS) is 11.8. The summed E-state index contributed by atoms with van der Waals surface area (Å²) in [6.07, 6.45) is 3.41. The molecule has 1 heterocycles. The number of ether oxygens (including phenoxy) is 2. The van der Waals surface area contributed by atoms with Crippen LogP contribution in [0.25, 0.3) is 0 Å². The predicted octanol–water partition coefficient (Wildman–Crippen LogP) is 1.75. The lowest BCUT2D eigenvalue weighted by molar-refractivity contribution is -0.141. The van der Waals surface area contributed by atoms with Crippen LogP contribution in [0.1, 0.15) is 11.6 Å². The molecule has 0 amide bonds. The summed E-state index contributed by atoms with van der Waals surface area (Å²) < 4.78 is 11.6. The van der Waals surface area contributed by atoms with Crippen LogP contribution in [-0.4, -0.2) is 30.0 Å². The molecule has 6 heteroatoms. The highest BCUT2D eigenvalue weighted by Gasteiger charge is 2.22. The molecule has 0 bridgehead atoms. The summed E-state index contributed by atoms with van der Waals surface area (Å²) in [6.45, 7) is 0. The third kappa shape index (κ3) is 3.09. The average molecular weight is 275 g/mol. The molecule has 106 valence electrons. The second-order valence-corrected chi connectivity index (χ2v) is 4.28. The minimum absolute atomic E-state index is 0.374. The molecule has 1 unspecified atom stereocenters. The van der Waals surface area contributed by atoms with Crippen molar-refractivity contribution in [1.29, 1.82) is 0 Å². The molecule has 2 rings (SSSR count). The van der Waals surface area contributed by atoms with Crippen molar-refractivity contribution in [1.82, 2.24) is 9.78 Å². The van der Waals surface area contributed by atoms with E-state index in [9.17, 15) is 4.79 Å². The molecule has 1 atom stereocenters. The zero-order valence-electron chi connectivity index (χ0n) is 11.7. The van der Waals surface area contributed by atoms with E-state index in [0.717, 1.165) is 11.3 Å². The van der Waals surface area contributed by atoms with Gasteiger partial charge in [0.1, 0.15) is 5.75 Å². The molecule has 0 aliphatic rings. The number of anilines is 1. The predicted molar refractivity (Wildman–Crippen MR) is 74.6 cm³/mol. The molecule has 0 saturated heterocycles. The van der Waals surface area contributed by atoms with Crippen molar-refractivity contribution in [3.63, 3.8) is 0 Å². The van der Waals surface area contributed by atoms with Crippen LogP contribution in [0.5, 0.6) is 5.75 Å². The molecule has 0 fully saturated rings. The Labute approximate surface area is 117 Å². The van der Waals surface area contributed by atoms with E-state index >= 15 is 0 Å².